The van der Waals surface area contributed by atoms with Gasteiger partial charge in [-0.05, 0) is 31.2 Å². The van der Waals surface area contributed by atoms with Gasteiger partial charge in [-0.3, -0.25) is 25.0 Å². The fourth-order valence-corrected chi connectivity index (χ4v) is 4.11. The van der Waals surface area contributed by atoms with E-state index in [-0.39, 0.29) is 36.2 Å². The van der Waals surface area contributed by atoms with Gasteiger partial charge in [-0.15, -0.1) is 16.4 Å². The third kappa shape index (κ3) is 4.72. The van der Waals surface area contributed by atoms with Gasteiger partial charge < -0.3 is 4.74 Å². The fraction of sp³-hybridized carbons (Fsp3) is 0.182. The van der Waals surface area contributed by atoms with Crippen molar-refractivity contribution in [1.29, 1.82) is 0 Å². The first-order chi connectivity index (χ1) is 15.9. The number of amides is 1. The van der Waals surface area contributed by atoms with E-state index >= 15 is 0 Å². The largest absolute Gasteiger partial charge is 0.496 e. The van der Waals surface area contributed by atoms with E-state index in [2.05, 4.69) is 15.4 Å². The van der Waals surface area contributed by atoms with E-state index in [1.54, 1.807) is 28.8 Å². The van der Waals surface area contributed by atoms with Gasteiger partial charge in [0.1, 0.15) is 5.75 Å². The summed E-state index contributed by atoms with van der Waals surface area (Å²) in [6.07, 6.45) is -0.0140. The quantitative estimate of drug-likeness (QED) is 0.233. The minimum absolute atomic E-state index is 0.00500. The highest BCUT2D eigenvalue weighted by molar-refractivity contribution is 7.15. The summed E-state index contributed by atoms with van der Waals surface area (Å²) in [4.78, 5) is 40.2. The molecule has 0 aliphatic carbocycles. The molecule has 1 N–H and O–H groups in total. The normalized spacial score (nSPS) is 10.8. The summed E-state index contributed by atoms with van der Waals surface area (Å²) < 4.78 is 6.80. The number of nitrogens with zero attached hydrogens (tertiary/aromatic N) is 4. The molecule has 0 atom stereocenters. The van der Waals surface area contributed by atoms with Gasteiger partial charge in [-0.25, -0.2) is 4.52 Å². The lowest BCUT2D eigenvalue weighted by atomic mass is 10.0. The average Bonchev–Trinajstić information content (AvgIpc) is 3.37. The zero-order valence-electron chi connectivity index (χ0n) is 17.8. The number of anilines is 1. The summed E-state index contributed by atoms with van der Waals surface area (Å²) in [6, 6.07) is 11.4. The highest BCUT2D eigenvalue weighted by Gasteiger charge is 2.17. The van der Waals surface area contributed by atoms with Gasteiger partial charge in [0.2, 0.25) is 16.8 Å². The summed E-state index contributed by atoms with van der Waals surface area (Å²) in [5.41, 5.74) is 2.79. The molecule has 0 aliphatic rings. The Bertz CT molecular complexity index is 1360. The van der Waals surface area contributed by atoms with Crippen molar-refractivity contribution in [3.63, 3.8) is 0 Å². The standard InChI is InChI=1S/C22H19N5O5S/c1-13-3-9-19(32-2)16(11-13)18(28)8-10-20(29)23-21-24-22-26(25-21)17(12-33-22)14-4-6-15(7-5-14)27(30)31/h3-7,9,11-12H,8,10H2,1-2H3,(H,23,25,29). The van der Waals surface area contributed by atoms with Gasteiger partial charge in [0.05, 0.1) is 23.3 Å². The molecule has 0 saturated carbocycles. The molecule has 4 aromatic rings. The Morgan fingerprint density at radius 2 is 1.94 bits per heavy atom. The Labute approximate surface area is 192 Å². The number of Topliss-reactive ketones (excluding diaryl/α,β-unsaturated/α-hetero) is 1. The molecule has 2 aromatic carbocycles. The van der Waals surface area contributed by atoms with Gasteiger partial charge in [0, 0.05) is 35.9 Å². The van der Waals surface area contributed by atoms with Crippen LogP contribution in [0, 0.1) is 17.0 Å². The number of ether oxygens (including phenoxy) is 1. The molecule has 2 aromatic heterocycles. The van der Waals surface area contributed by atoms with Crippen LogP contribution >= 0.6 is 11.3 Å². The number of benzene rings is 2. The number of fused-ring (bicyclic) bond motifs is 1. The maximum Gasteiger partial charge on any atom is 0.269 e. The third-order valence-electron chi connectivity index (χ3n) is 4.94. The first-order valence-corrected chi connectivity index (χ1v) is 10.8. The molecule has 0 fully saturated rings. The Kier molecular flexibility index (Phi) is 6.13. The number of carbonyl (C=O) groups is 2. The van der Waals surface area contributed by atoms with Crippen molar-refractivity contribution in [2.45, 2.75) is 19.8 Å². The van der Waals surface area contributed by atoms with Crippen molar-refractivity contribution < 1.29 is 19.2 Å². The van der Waals surface area contributed by atoms with Crippen molar-refractivity contribution in [1.82, 2.24) is 14.6 Å². The molecule has 0 saturated heterocycles. The van der Waals surface area contributed by atoms with Crippen molar-refractivity contribution in [2.75, 3.05) is 12.4 Å². The van der Waals surface area contributed by atoms with E-state index in [0.29, 0.717) is 22.0 Å². The predicted octanol–water partition coefficient (Wildman–Crippen LogP) is 4.28. The number of ketones is 1. The van der Waals surface area contributed by atoms with E-state index < -0.39 is 4.92 Å². The third-order valence-corrected chi connectivity index (χ3v) is 5.76. The number of non-ortho nitro benzene ring substituents is 1. The summed E-state index contributed by atoms with van der Waals surface area (Å²) in [7, 11) is 1.50. The zero-order valence-corrected chi connectivity index (χ0v) is 18.6. The predicted molar refractivity (Wildman–Crippen MR) is 123 cm³/mol. The fourth-order valence-electron chi connectivity index (χ4n) is 3.28. The average molecular weight is 465 g/mol. The maximum atomic E-state index is 12.6. The van der Waals surface area contributed by atoms with Crippen LogP contribution in [0.2, 0.25) is 0 Å². The molecule has 0 radical (unpaired) electrons. The number of thiazole rings is 1. The second-order valence-corrected chi connectivity index (χ2v) is 8.07. The van der Waals surface area contributed by atoms with Crippen LogP contribution in [0.3, 0.4) is 0 Å². The lowest BCUT2D eigenvalue weighted by Crippen LogP contribution is -2.15. The van der Waals surface area contributed by atoms with Crippen molar-refractivity contribution in [3.8, 4) is 17.0 Å². The maximum absolute atomic E-state index is 12.6. The Morgan fingerprint density at radius 3 is 2.64 bits per heavy atom. The number of hydrogen-bond acceptors (Lipinski definition) is 8. The lowest BCUT2D eigenvalue weighted by Gasteiger charge is -2.08. The van der Waals surface area contributed by atoms with Gasteiger partial charge in [-0.2, -0.15) is 4.98 Å². The molecule has 11 heteroatoms. The monoisotopic (exact) mass is 465 g/mol. The first kappa shape index (κ1) is 22.1. The van der Waals surface area contributed by atoms with Gasteiger partial charge in [0.15, 0.2) is 5.78 Å². The Hall–Kier alpha value is -4.12. The van der Waals surface area contributed by atoms with Crippen LogP contribution in [0.5, 0.6) is 5.75 Å². The topological polar surface area (TPSA) is 129 Å². The summed E-state index contributed by atoms with van der Waals surface area (Å²) in [5.74, 6) is 0.0198. The molecule has 10 nitrogen and oxygen atoms in total. The van der Waals surface area contributed by atoms with E-state index in [1.165, 1.54) is 30.6 Å². The van der Waals surface area contributed by atoms with E-state index in [4.69, 9.17) is 4.74 Å². The van der Waals surface area contributed by atoms with E-state index in [1.807, 2.05) is 18.4 Å². The molecule has 168 valence electrons. The van der Waals surface area contributed by atoms with Crippen molar-refractivity contribution >= 4 is 39.6 Å². The Balaban J connectivity index is 1.43. The Morgan fingerprint density at radius 1 is 1.18 bits per heavy atom. The van der Waals surface area contributed by atoms with E-state index in [9.17, 15) is 19.7 Å². The van der Waals surface area contributed by atoms with Crippen LogP contribution in [0.4, 0.5) is 11.6 Å². The molecular weight excluding hydrogens is 446 g/mol. The molecular formula is C22H19N5O5S. The van der Waals surface area contributed by atoms with Crippen LogP contribution in [-0.4, -0.2) is 38.3 Å². The second kappa shape index (κ2) is 9.17. The molecule has 4 rings (SSSR count). The highest BCUT2D eigenvalue weighted by Crippen LogP contribution is 2.27. The number of rotatable bonds is 8. The number of aryl methyl sites for hydroxylation is 1. The summed E-state index contributed by atoms with van der Waals surface area (Å²) in [6.45, 7) is 1.88. The smallest absolute Gasteiger partial charge is 0.269 e. The van der Waals surface area contributed by atoms with Crippen LogP contribution in [0.15, 0.2) is 47.8 Å². The molecule has 1 amide bonds. The second-order valence-electron chi connectivity index (χ2n) is 7.23. The van der Waals surface area contributed by atoms with Crippen LogP contribution in [0.1, 0.15) is 28.8 Å². The minimum atomic E-state index is -0.462. The van der Waals surface area contributed by atoms with Gasteiger partial charge in [0.25, 0.3) is 5.69 Å². The van der Waals surface area contributed by atoms with Gasteiger partial charge in [-0.1, -0.05) is 11.6 Å². The van der Waals surface area contributed by atoms with Crippen LogP contribution < -0.4 is 10.1 Å². The number of nitro benzene ring substituents is 1. The van der Waals surface area contributed by atoms with Crippen LogP contribution in [0.25, 0.3) is 16.2 Å². The molecule has 2 heterocycles. The van der Waals surface area contributed by atoms with E-state index in [0.717, 1.165) is 11.1 Å². The SMILES string of the molecule is COc1ccc(C)cc1C(=O)CCC(=O)Nc1nc2scc(-c3ccc([N+](=O)[O-])cc3)n2n1. The van der Waals surface area contributed by atoms with Crippen LogP contribution in [-0.2, 0) is 4.79 Å². The molecule has 0 spiro atoms. The minimum Gasteiger partial charge on any atom is -0.496 e. The van der Waals surface area contributed by atoms with Crippen molar-refractivity contribution in [3.05, 3.63) is 69.1 Å². The summed E-state index contributed by atoms with van der Waals surface area (Å²) in [5, 5.41) is 19.6. The zero-order chi connectivity index (χ0) is 23.5. The highest BCUT2D eigenvalue weighted by atomic mass is 32.1. The number of carbonyl (C=O) groups excluding carboxylic acids is 2. The first-order valence-electron chi connectivity index (χ1n) is 9.92. The van der Waals surface area contributed by atoms with Crippen molar-refractivity contribution in [2.24, 2.45) is 0 Å². The molecule has 33 heavy (non-hydrogen) atoms. The number of hydrogen-bond donors (Lipinski definition) is 1. The number of methoxy groups -OCH3 is 1. The lowest BCUT2D eigenvalue weighted by molar-refractivity contribution is -0.384. The molecule has 0 aliphatic heterocycles. The molecule has 0 unspecified atom stereocenters. The summed E-state index contributed by atoms with van der Waals surface area (Å²) >= 11 is 1.32. The number of nitro groups is 1. The van der Waals surface area contributed by atoms with Gasteiger partial charge >= 0.3 is 0 Å². The molecule has 0 bridgehead atoms. The number of aromatic nitrogens is 3. The number of nitrogens with one attached hydrogen (secondary N) is 1.